The largest absolute Gasteiger partial charge is 0.415 e. The first-order chi connectivity index (χ1) is 13.4. The van der Waals surface area contributed by atoms with Gasteiger partial charge in [-0.15, -0.1) is 0 Å². The average molecular weight is 414 g/mol. The van der Waals surface area contributed by atoms with Gasteiger partial charge in [-0.2, -0.15) is 13.2 Å². The molecule has 0 saturated heterocycles. The van der Waals surface area contributed by atoms with Crippen LogP contribution in [0.3, 0.4) is 0 Å². The van der Waals surface area contributed by atoms with Crippen LogP contribution in [0.1, 0.15) is 35.0 Å². The van der Waals surface area contributed by atoms with Gasteiger partial charge in [-0.25, -0.2) is 14.2 Å². The quantitative estimate of drug-likeness (QED) is 0.447. The summed E-state index contributed by atoms with van der Waals surface area (Å²) in [5.74, 6) is -1.72. The van der Waals surface area contributed by atoms with Crippen LogP contribution in [0.25, 0.3) is 0 Å². The minimum Gasteiger partial charge on any atom is -0.331 e. The molecule has 0 bridgehead atoms. The van der Waals surface area contributed by atoms with Crippen molar-refractivity contribution in [1.82, 2.24) is 15.6 Å². The molecule has 0 radical (unpaired) electrons. The lowest BCUT2D eigenvalue weighted by Crippen LogP contribution is -2.74. The first kappa shape index (κ1) is 22.2. The Morgan fingerprint density at radius 2 is 1.97 bits per heavy atom. The predicted molar refractivity (Wildman–Crippen MR) is 96.7 cm³/mol. The highest BCUT2D eigenvalue weighted by Gasteiger charge is 2.39. The fourth-order valence-corrected chi connectivity index (χ4v) is 2.79. The molecule has 7 nitrogen and oxygen atoms in total. The van der Waals surface area contributed by atoms with Gasteiger partial charge in [-0.3, -0.25) is 15.4 Å². The van der Waals surface area contributed by atoms with Crippen LogP contribution in [0.5, 0.6) is 0 Å². The molecule has 5 N–H and O–H groups in total. The van der Waals surface area contributed by atoms with Crippen LogP contribution in [0.2, 0.25) is 0 Å². The highest BCUT2D eigenvalue weighted by Crippen LogP contribution is 2.35. The zero-order valence-corrected chi connectivity index (χ0v) is 15.9. The number of nitrogens with zero attached hydrogens (tertiary/aromatic N) is 1. The number of imide groups is 1. The van der Waals surface area contributed by atoms with E-state index in [1.165, 1.54) is 13.0 Å². The number of carbonyl (C=O) groups is 2. The molecule has 29 heavy (non-hydrogen) atoms. The molecule has 2 rings (SSSR count). The van der Waals surface area contributed by atoms with Crippen molar-refractivity contribution in [1.29, 1.82) is 5.41 Å². The zero-order valence-electron chi connectivity index (χ0n) is 15.9. The molecule has 1 aromatic heterocycles. The molecule has 0 aromatic carbocycles. The summed E-state index contributed by atoms with van der Waals surface area (Å²) in [5, 5.41) is 13.7. The van der Waals surface area contributed by atoms with Crippen molar-refractivity contribution in [3.05, 3.63) is 46.4 Å². The molecular formula is C18H20F4N5O2+. The number of pyridine rings is 1. The van der Waals surface area contributed by atoms with Gasteiger partial charge in [-0.1, -0.05) is 6.08 Å². The van der Waals surface area contributed by atoms with Crippen LogP contribution in [0.4, 0.5) is 28.2 Å². The van der Waals surface area contributed by atoms with Gasteiger partial charge in [0, 0.05) is 12.1 Å². The Hall–Kier alpha value is -3.08. The minimum atomic E-state index is -4.86. The van der Waals surface area contributed by atoms with Crippen LogP contribution in [-0.4, -0.2) is 41.9 Å². The summed E-state index contributed by atoms with van der Waals surface area (Å²) in [7, 11) is 1.73. The maximum atomic E-state index is 13.4. The van der Waals surface area contributed by atoms with Crippen molar-refractivity contribution in [3.63, 3.8) is 0 Å². The number of urea groups is 1. The molecule has 0 saturated carbocycles. The number of quaternary nitrogens is 1. The van der Waals surface area contributed by atoms with Crippen LogP contribution >= 0.6 is 0 Å². The third kappa shape index (κ3) is 5.25. The van der Waals surface area contributed by atoms with Crippen LogP contribution in [0.15, 0.2) is 29.6 Å². The van der Waals surface area contributed by atoms with Gasteiger partial charge < -0.3 is 10.7 Å². The Kier molecular flexibility index (Phi) is 6.52. The molecule has 1 atom stereocenters. The van der Waals surface area contributed by atoms with Crippen molar-refractivity contribution >= 4 is 23.5 Å². The molecule has 3 amide bonds. The lowest BCUT2D eigenvalue weighted by molar-refractivity contribution is -0.543. The maximum absolute atomic E-state index is 13.4. The monoisotopic (exact) mass is 414 g/mol. The summed E-state index contributed by atoms with van der Waals surface area (Å²) in [6.07, 6.45) is -3.94. The number of aromatic nitrogens is 1. The Balaban J connectivity index is 2.11. The smallest absolute Gasteiger partial charge is 0.331 e. The van der Waals surface area contributed by atoms with E-state index in [9.17, 15) is 27.2 Å². The molecule has 1 aliphatic carbocycles. The van der Waals surface area contributed by atoms with E-state index < -0.39 is 42.0 Å². The first-order valence-corrected chi connectivity index (χ1v) is 8.56. The fourth-order valence-electron chi connectivity index (χ4n) is 2.79. The van der Waals surface area contributed by atoms with E-state index in [-0.39, 0.29) is 11.3 Å². The van der Waals surface area contributed by atoms with Crippen molar-refractivity contribution in [2.75, 3.05) is 7.05 Å². The number of nitrogens with two attached hydrogens (primary N) is 1. The molecule has 0 fully saturated rings. The highest BCUT2D eigenvalue weighted by atomic mass is 19.4. The number of allylic oxidation sites excluding steroid dienone is 2. The Morgan fingerprint density at radius 1 is 1.31 bits per heavy atom. The number of amides is 3. The third-order valence-corrected chi connectivity index (χ3v) is 4.24. The van der Waals surface area contributed by atoms with Crippen LogP contribution in [0, 0.1) is 12.3 Å². The Bertz CT molecular complexity index is 922. The molecular weight excluding hydrogens is 394 g/mol. The van der Waals surface area contributed by atoms with Gasteiger partial charge >= 0.3 is 12.2 Å². The van der Waals surface area contributed by atoms with Gasteiger partial charge in [0.05, 0.1) is 35.5 Å². The average Bonchev–Trinajstić information content (AvgIpc) is 2.61. The van der Waals surface area contributed by atoms with E-state index in [4.69, 9.17) is 5.41 Å². The van der Waals surface area contributed by atoms with E-state index in [2.05, 4.69) is 10.3 Å². The van der Waals surface area contributed by atoms with Crippen molar-refractivity contribution in [3.8, 4) is 0 Å². The summed E-state index contributed by atoms with van der Waals surface area (Å²) in [4.78, 5) is 28.7. The zero-order chi connectivity index (χ0) is 21.9. The summed E-state index contributed by atoms with van der Waals surface area (Å²) < 4.78 is 51.8. The maximum Gasteiger partial charge on any atom is 0.415 e. The van der Waals surface area contributed by atoms with Crippen LogP contribution in [-0.2, 0) is 0 Å². The first-order valence-electron chi connectivity index (χ1n) is 8.56. The normalized spacial score (nSPS) is 16.6. The molecule has 1 aromatic rings. The number of halogens is 4. The number of rotatable bonds is 4. The number of aryl methyl sites for hydroxylation is 1. The van der Waals surface area contributed by atoms with E-state index in [0.29, 0.717) is 23.2 Å². The second-order valence-corrected chi connectivity index (χ2v) is 6.39. The number of alkyl halides is 3. The standard InChI is InChI=1S/C18H19F4N5O2/c1-8(23)11-7-12(9(2)25-15(11)24-3)16(28)27-17(29)26-10-4-5-14(19)13(6-10)18(20,21)22/h4-5,7,10,23H,6H2,1-3H3,(H,24,25)(H2,26,27,28,29)/p+1. The summed E-state index contributed by atoms with van der Waals surface area (Å²) >= 11 is 0. The molecule has 1 aliphatic rings. The third-order valence-electron chi connectivity index (χ3n) is 4.24. The number of carbonyl (C=O) groups excluding carboxylic acids is 2. The summed E-state index contributed by atoms with van der Waals surface area (Å²) in [5.41, 5.74) is -0.433. The van der Waals surface area contributed by atoms with Gasteiger partial charge in [-0.05, 0) is 26.0 Å². The van der Waals surface area contributed by atoms with E-state index in [0.717, 1.165) is 6.08 Å². The SMILES string of the molecule is C[NH2+]c1nc(C)c(C(=O)NC(=O)NC2C=CC(F)=C(C(F)(F)F)C2)cc1C(C)=N. The summed E-state index contributed by atoms with van der Waals surface area (Å²) in [6.45, 7) is 3.07. The second kappa shape index (κ2) is 8.52. The van der Waals surface area contributed by atoms with Gasteiger partial charge in [0.2, 0.25) is 5.82 Å². The predicted octanol–water partition coefficient (Wildman–Crippen LogP) is 2.16. The molecule has 0 aliphatic heterocycles. The molecule has 1 heterocycles. The lowest BCUT2D eigenvalue weighted by Gasteiger charge is -2.22. The Morgan fingerprint density at radius 3 is 2.52 bits per heavy atom. The number of hydrogen-bond donors (Lipinski definition) is 4. The van der Waals surface area contributed by atoms with E-state index >= 15 is 0 Å². The van der Waals surface area contributed by atoms with E-state index in [1.807, 2.05) is 5.32 Å². The Labute approximate surface area is 163 Å². The minimum absolute atomic E-state index is 0.0495. The van der Waals surface area contributed by atoms with E-state index in [1.54, 1.807) is 19.3 Å². The van der Waals surface area contributed by atoms with Crippen molar-refractivity contribution in [2.24, 2.45) is 0 Å². The van der Waals surface area contributed by atoms with Crippen molar-refractivity contribution in [2.45, 2.75) is 32.5 Å². The van der Waals surface area contributed by atoms with Gasteiger partial charge in [0.1, 0.15) is 5.83 Å². The van der Waals surface area contributed by atoms with Gasteiger partial charge in [0.25, 0.3) is 5.91 Å². The molecule has 156 valence electrons. The second-order valence-electron chi connectivity index (χ2n) is 6.39. The highest BCUT2D eigenvalue weighted by molar-refractivity contribution is 6.07. The van der Waals surface area contributed by atoms with Gasteiger partial charge in [0.15, 0.2) is 0 Å². The number of nitrogens with one attached hydrogen (secondary N) is 3. The molecule has 1 unspecified atom stereocenters. The molecule has 11 heteroatoms. The topological polar surface area (TPSA) is 112 Å². The molecule has 0 spiro atoms. The summed E-state index contributed by atoms with van der Waals surface area (Å²) in [6, 6.07) is -0.745. The van der Waals surface area contributed by atoms with Crippen LogP contribution < -0.4 is 16.0 Å². The lowest BCUT2D eigenvalue weighted by atomic mass is 9.99. The number of hydrogen-bond acceptors (Lipinski definition) is 4. The van der Waals surface area contributed by atoms with Crippen molar-refractivity contribution < 1.29 is 32.5 Å². The fraction of sp³-hybridized carbons (Fsp3) is 0.333.